The Morgan fingerprint density at radius 1 is 1.67 bits per heavy atom. The van der Waals surface area contributed by atoms with Crippen LogP contribution in [0.4, 0.5) is 0 Å². The van der Waals surface area contributed by atoms with Gasteiger partial charge < -0.3 is 4.74 Å². The Kier molecular flexibility index (Phi) is 6.18. The average Bonchev–Trinajstić information content (AvgIpc) is 1.80. The lowest BCUT2D eigenvalue weighted by Crippen LogP contribution is -2.02. The van der Waals surface area contributed by atoms with Gasteiger partial charge in [0.15, 0.2) is 6.79 Å². The Balaban J connectivity index is 2.83. The van der Waals surface area contributed by atoms with Gasteiger partial charge in [0.1, 0.15) is 0 Å². The molecule has 0 amide bonds. The van der Waals surface area contributed by atoms with E-state index in [0.717, 1.165) is 6.42 Å². The molecule has 0 aromatic heterocycles. The van der Waals surface area contributed by atoms with Gasteiger partial charge in [-0.1, -0.05) is 6.92 Å². The highest BCUT2D eigenvalue weighted by Crippen LogP contribution is 1.83. The first-order valence-corrected chi connectivity index (χ1v) is 3.62. The minimum atomic E-state index is -2.19. The zero-order valence-corrected chi connectivity index (χ0v) is 6.02. The van der Waals surface area contributed by atoms with Crippen LogP contribution in [0.2, 0.25) is 0 Å². The Bertz CT molecular complexity index is 84.6. The van der Waals surface area contributed by atoms with Crippen molar-refractivity contribution in [2.75, 3.05) is 13.4 Å². The molecule has 0 aromatic carbocycles. The van der Waals surface area contributed by atoms with Crippen molar-refractivity contribution in [3.63, 3.8) is 0 Å². The molecule has 0 aromatic rings. The van der Waals surface area contributed by atoms with Crippen LogP contribution in [0.25, 0.3) is 0 Å². The largest absolute Gasteiger partial charge is 0.354 e. The van der Waals surface area contributed by atoms with E-state index in [-0.39, 0.29) is 6.79 Å². The van der Waals surface area contributed by atoms with E-state index in [0.29, 0.717) is 6.61 Å². The molecule has 0 spiro atoms. The lowest BCUT2D eigenvalue weighted by Gasteiger charge is -1.97. The summed E-state index contributed by atoms with van der Waals surface area (Å²) in [6.45, 7) is 2.38. The van der Waals surface area contributed by atoms with Crippen LogP contribution in [-0.2, 0) is 20.3 Å². The van der Waals surface area contributed by atoms with Crippen molar-refractivity contribution in [2.24, 2.45) is 0 Å². The molecule has 0 saturated heterocycles. The summed E-state index contributed by atoms with van der Waals surface area (Å²) in [5.41, 5.74) is 0. The molecule has 0 heterocycles. The van der Waals surface area contributed by atoms with Gasteiger partial charge in [-0.05, 0) is 6.42 Å². The minimum absolute atomic E-state index is 0.114. The Labute approximate surface area is 56.6 Å². The molecular formula is C4H10O4S. The highest BCUT2D eigenvalue weighted by molar-refractivity contribution is 7.74. The van der Waals surface area contributed by atoms with Crippen LogP contribution in [0.1, 0.15) is 13.3 Å². The van der Waals surface area contributed by atoms with Crippen LogP contribution in [-0.4, -0.2) is 22.2 Å². The fraction of sp³-hybridized carbons (Fsp3) is 1.00. The van der Waals surface area contributed by atoms with Crippen molar-refractivity contribution >= 4 is 11.4 Å². The summed E-state index contributed by atoms with van der Waals surface area (Å²) in [4.78, 5) is 0. The normalized spacial score (nSPS) is 13.6. The molecule has 0 saturated carbocycles. The van der Waals surface area contributed by atoms with Crippen molar-refractivity contribution in [1.82, 2.24) is 0 Å². The Morgan fingerprint density at radius 2 is 2.33 bits per heavy atom. The van der Waals surface area contributed by atoms with Gasteiger partial charge in [-0.3, -0.25) is 4.55 Å². The zero-order valence-electron chi connectivity index (χ0n) is 5.20. The lowest BCUT2D eigenvalue weighted by atomic mass is 10.5. The molecule has 4 nitrogen and oxygen atoms in total. The maximum absolute atomic E-state index is 9.77. The summed E-state index contributed by atoms with van der Waals surface area (Å²) in [5.74, 6) is 0. The van der Waals surface area contributed by atoms with Crippen molar-refractivity contribution < 1.29 is 17.7 Å². The maximum Gasteiger partial charge on any atom is 0.304 e. The van der Waals surface area contributed by atoms with Gasteiger partial charge in [-0.25, -0.2) is 4.18 Å². The first-order chi connectivity index (χ1) is 4.27. The molecule has 0 fully saturated rings. The number of hydrogen-bond donors (Lipinski definition) is 1. The third kappa shape index (κ3) is 8.03. The van der Waals surface area contributed by atoms with E-state index in [9.17, 15) is 4.21 Å². The number of ether oxygens (including phenoxy) is 1. The van der Waals surface area contributed by atoms with E-state index in [4.69, 9.17) is 9.29 Å². The molecule has 56 valence electrons. The van der Waals surface area contributed by atoms with Gasteiger partial charge >= 0.3 is 11.4 Å². The van der Waals surface area contributed by atoms with E-state index in [1.807, 2.05) is 6.92 Å². The van der Waals surface area contributed by atoms with E-state index in [2.05, 4.69) is 4.18 Å². The fourth-order valence-electron chi connectivity index (χ4n) is 0.278. The monoisotopic (exact) mass is 154 g/mol. The summed E-state index contributed by atoms with van der Waals surface area (Å²) >= 11 is -2.19. The third-order valence-electron chi connectivity index (χ3n) is 0.581. The molecule has 0 aliphatic rings. The average molecular weight is 154 g/mol. The van der Waals surface area contributed by atoms with Crippen LogP contribution in [0.5, 0.6) is 0 Å². The van der Waals surface area contributed by atoms with Crippen molar-refractivity contribution in [3.8, 4) is 0 Å². The summed E-state index contributed by atoms with van der Waals surface area (Å²) in [7, 11) is 0. The molecule has 1 atom stereocenters. The van der Waals surface area contributed by atoms with Gasteiger partial charge in [0.2, 0.25) is 0 Å². The molecular weight excluding hydrogens is 144 g/mol. The van der Waals surface area contributed by atoms with E-state index in [1.54, 1.807) is 0 Å². The second-order valence-electron chi connectivity index (χ2n) is 1.36. The second kappa shape index (κ2) is 6.15. The molecule has 0 radical (unpaired) electrons. The van der Waals surface area contributed by atoms with Crippen molar-refractivity contribution in [3.05, 3.63) is 0 Å². The molecule has 0 aliphatic heterocycles. The van der Waals surface area contributed by atoms with Crippen molar-refractivity contribution in [1.29, 1.82) is 0 Å². The SMILES string of the molecule is CCCOCOS(=O)O. The van der Waals surface area contributed by atoms with Gasteiger partial charge in [0.25, 0.3) is 0 Å². The minimum Gasteiger partial charge on any atom is -0.354 e. The highest BCUT2D eigenvalue weighted by Gasteiger charge is 1.90. The lowest BCUT2D eigenvalue weighted by molar-refractivity contribution is 0.0188. The summed E-state index contributed by atoms with van der Waals surface area (Å²) in [6.07, 6.45) is 0.876. The first-order valence-electron chi connectivity index (χ1n) is 2.59. The molecule has 1 N–H and O–H groups in total. The third-order valence-corrected chi connectivity index (χ3v) is 0.879. The van der Waals surface area contributed by atoms with E-state index < -0.39 is 11.4 Å². The van der Waals surface area contributed by atoms with Crippen LogP contribution >= 0.6 is 0 Å². The standard InChI is InChI=1S/C4H10O4S/c1-2-3-7-4-8-9(5)6/h2-4H2,1H3,(H,5,6). The van der Waals surface area contributed by atoms with Gasteiger partial charge in [0, 0.05) is 6.61 Å². The van der Waals surface area contributed by atoms with Crippen LogP contribution in [0, 0.1) is 0 Å². The quantitative estimate of drug-likeness (QED) is 0.356. The molecule has 5 heteroatoms. The summed E-state index contributed by atoms with van der Waals surface area (Å²) < 4.78 is 26.7. The topological polar surface area (TPSA) is 55.8 Å². The molecule has 0 aliphatic carbocycles. The van der Waals surface area contributed by atoms with Gasteiger partial charge in [0.05, 0.1) is 0 Å². The summed E-state index contributed by atoms with van der Waals surface area (Å²) in [6, 6.07) is 0. The zero-order chi connectivity index (χ0) is 7.11. The van der Waals surface area contributed by atoms with E-state index in [1.165, 1.54) is 0 Å². The van der Waals surface area contributed by atoms with Gasteiger partial charge in [-0.2, -0.15) is 4.21 Å². The smallest absolute Gasteiger partial charge is 0.304 e. The molecule has 0 rings (SSSR count). The number of rotatable bonds is 5. The summed E-state index contributed by atoms with van der Waals surface area (Å²) in [5, 5.41) is 0. The molecule has 0 bridgehead atoms. The van der Waals surface area contributed by atoms with Gasteiger partial charge in [-0.15, -0.1) is 0 Å². The van der Waals surface area contributed by atoms with Crippen LogP contribution in [0.15, 0.2) is 0 Å². The molecule has 9 heavy (non-hydrogen) atoms. The van der Waals surface area contributed by atoms with Crippen LogP contribution < -0.4 is 0 Å². The van der Waals surface area contributed by atoms with E-state index >= 15 is 0 Å². The maximum atomic E-state index is 9.77. The first kappa shape index (κ1) is 9.03. The Hall–Kier alpha value is 0.0300. The fourth-order valence-corrected chi connectivity index (χ4v) is 0.429. The Morgan fingerprint density at radius 3 is 2.78 bits per heavy atom. The highest BCUT2D eigenvalue weighted by atomic mass is 32.2. The molecule has 1 unspecified atom stereocenters. The van der Waals surface area contributed by atoms with Crippen molar-refractivity contribution in [2.45, 2.75) is 13.3 Å². The predicted molar refractivity (Wildman–Crippen MR) is 33.0 cm³/mol. The second-order valence-corrected chi connectivity index (χ2v) is 2.03. The van der Waals surface area contributed by atoms with Crippen LogP contribution in [0.3, 0.4) is 0 Å². The number of hydrogen-bond acceptors (Lipinski definition) is 3. The predicted octanol–water partition coefficient (Wildman–Crippen LogP) is 0.524.